The van der Waals surface area contributed by atoms with Gasteiger partial charge < -0.3 is 15.0 Å². The lowest BCUT2D eigenvalue weighted by atomic mass is 10.1. The van der Waals surface area contributed by atoms with Crippen LogP contribution >= 0.6 is 0 Å². The van der Waals surface area contributed by atoms with Crippen molar-refractivity contribution in [1.29, 1.82) is 0 Å². The van der Waals surface area contributed by atoms with Crippen molar-refractivity contribution in [3.05, 3.63) is 47.9 Å². The van der Waals surface area contributed by atoms with Gasteiger partial charge in [-0.25, -0.2) is 9.97 Å². The van der Waals surface area contributed by atoms with Gasteiger partial charge in [-0.1, -0.05) is 18.2 Å². The van der Waals surface area contributed by atoms with Crippen molar-refractivity contribution in [2.75, 3.05) is 31.6 Å². The second-order valence-electron chi connectivity index (χ2n) is 5.25. The third-order valence-corrected chi connectivity index (χ3v) is 3.83. The molecule has 0 aliphatic rings. The van der Waals surface area contributed by atoms with Gasteiger partial charge in [-0.15, -0.1) is 0 Å². The molecule has 0 fully saturated rings. The Morgan fingerprint density at radius 1 is 1.17 bits per heavy atom. The summed E-state index contributed by atoms with van der Waals surface area (Å²) in [7, 11) is 1.64. The van der Waals surface area contributed by atoms with Gasteiger partial charge in [0.1, 0.15) is 17.3 Å². The molecule has 0 aliphatic heterocycles. The minimum absolute atomic E-state index is 0.219. The summed E-state index contributed by atoms with van der Waals surface area (Å²) >= 11 is 0. The molecule has 6 nitrogen and oxygen atoms in total. The SMILES string of the molecule is CCN(CC)c1cnc(C(=O)NCCc2ccccc2OC)cn1. The van der Waals surface area contributed by atoms with E-state index in [-0.39, 0.29) is 5.91 Å². The van der Waals surface area contributed by atoms with Gasteiger partial charge in [-0.3, -0.25) is 4.79 Å². The number of carbonyl (C=O) groups excluding carboxylic acids is 1. The Labute approximate surface area is 142 Å². The number of anilines is 1. The first-order valence-electron chi connectivity index (χ1n) is 8.16. The molecular formula is C18H24N4O2. The van der Waals surface area contributed by atoms with Gasteiger partial charge >= 0.3 is 0 Å². The smallest absolute Gasteiger partial charge is 0.271 e. The highest BCUT2D eigenvalue weighted by atomic mass is 16.5. The zero-order chi connectivity index (χ0) is 17.4. The summed E-state index contributed by atoms with van der Waals surface area (Å²) in [5.74, 6) is 1.39. The zero-order valence-electron chi connectivity index (χ0n) is 14.5. The Hall–Kier alpha value is -2.63. The molecule has 0 saturated carbocycles. The largest absolute Gasteiger partial charge is 0.496 e. The van der Waals surface area contributed by atoms with Crippen LogP contribution in [0.1, 0.15) is 29.9 Å². The topological polar surface area (TPSA) is 67.4 Å². The molecular weight excluding hydrogens is 304 g/mol. The molecule has 1 amide bonds. The van der Waals surface area contributed by atoms with E-state index >= 15 is 0 Å². The maximum Gasteiger partial charge on any atom is 0.271 e. The number of para-hydroxylation sites is 1. The van der Waals surface area contributed by atoms with Crippen molar-refractivity contribution in [2.45, 2.75) is 20.3 Å². The lowest BCUT2D eigenvalue weighted by Crippen LogP contribution is -2.27. The number of methoxy groups -OCH3 is 1. The first-order valence-corrected chi connectivity index (χ1v) is 8.16. The van der Waals surface area contributed by atoms with Crippen molar-refractivity contribution >= 4 is 11.7 Å². The van der Waals surface area contributed by atoms with E-state index in [2.05, 4.69) is 34.0 Å². The lowest BCUT2D eigenvalue weighted by Gasteiger charge is -2.18. The Morgan fingerprint density at radius 2 is 1.92 bits per heavy atom. The van der Waals surface area contributed by atoms with Crippen LogP contribution in [0, 0.1) is 0 Å². The highest BCUT2D eigenvalue weighted by Gasteiger charge is 2.10. The van der Waals surface area contributed by atoms with Crippen LogP contribution in [0.15, 0.2) is 36.7 Å². The fourth-order valence-electron chi connectivity index (χ4n) is 2.46. The van der Waals surface area contributed by atoms with Crippen molar-refractivity contribution in [2.24, 2.45) is 0 Å². The van der Waals surface area contributed by atoms with Crippen LogP contribution < -0.4 is 15.0 Å². The number of nitrogens with zero attached hydrogens (tertiary/aromatic N) is 3. The van der Waals surface area contributed by atoms with Crippen molar-refractivity contribution in [1.82, 2.24) is 15.3 Å². The van der Waals surface area contributed by atoms with Gasteiger partial charge in [-0.05, 0) is 31.9 Å². The molecule has 0 saturated heterocycles. The number of aromatic nitrogens is 2. The highest BCUT2D eigenvalue weighted by Crippen LogP contribution is 2.17. The van der Waals surface area contributed by atoms with E-state index in [9.17, 15) is 4.79 Å². The third kappa shape index (κ3) is 4.44. The lowest BCUT2D eigenvalue weighted by molar-refractivity contribution is 0.0948. The molecule has 1 heterocycles. The summed E-state index contributed by atoms with van der Waals surface area (Å²) in [4.78, 5) is 22.8. The van der Waals surface area contributed by atoms with Crippen LogP contribution in [0.4, 0.5) is 5.82 Å². The van der Waals surface area contributed by atoms with Gasteiger partial charge in [0.05, 0.1) is 19.5 Å². The molecule has 2 rings (SSSR count). The van der Waals surface area contributed by atoms with Crippen LogP contribution in [0.25, 0.3) is 0 Å². The number of amides is 1. The van der Waals surface area contributed by atoms with Crippen molar-refractivity contribution < 1.29 is 9.53 Å². The van der Waals surface area contributed by atoms with E-state index in [4.69, 9.17) is 4.74 Å². The van der Waals surface area contributed by atoms with E-state index in [1.54, 1.807) is 13.3 Å². The van der Waals surface area contributed by atoms with Gasteiger partial charge in [0.2, 0.25) is 0 Å². The van der Waals surface area contributed by atoms with E-state index in [0.29, 0.717) is 18.7 Å². The Kier molecular flexibility index (Phi) is 6.54. The second-order valence-corrected chi connectivity index (χ2v) is 5.25. The number of carbonyl (C=O) groups is 1. The average molecular weight is 328 g/mol. The van der Waals surface area contributed by atoms with Gasteiger partial charge in [0, 0.05) is 19.6 Å². The number of nitrogens with one attached hydrogen (secondary N) is 1. The molecule has 1 aromatic carbocycles. The van der Waals surface area contributed by atoms with Gasteiger partial charge in [-0.2, -0.15) is 0 Å². The van der Waals surface area contributed by atoms with E-state index in [1.165, 1.54) is 6.20 Å². The summed E-state index contributed by atoms with van der Waals surface area (Å²) < 4.78 is 5.30. The van der Waals surface area contributed by atoms with E-state index < -0.39 is 0 Å². The number of ether oxygens (including phenoxy) is 1. The quantitative estimate of drug-likeness (QED) is 0.805. The molecule has 24 heavy (non-hydrogen) atoms. The first-order chi connectivity index (χ1) is 11.7. The molecule has 128 valence electrons. The molecule has 0 spiro atoms. The molecule has 0 bridgehead atoms. The Balaban J connectivity index is 1.90. The van der Waals surface area contributed by atoms with Crippen LogP contribution in [-0.4, -0.2) is 42.6 Å². The zero-order valence-corrected chi connectivity index (χ0v) is 14.5. The number of rotatable bonds is 8. The standard InChI is InChI=1S/C18H24N4O2/c1-4-22(5-2)17-13-20-15(12-21-17)18(23)19-11-10-14-8-6-7-9-16(14)24-3/h6-9,12-13H,4-5,10-11H2,1-3H3,(H,19,23). The van der Waals surface area contributed by atoms with Crippen LogP contribution in [0.3, 0.4) is 0 Å². The molecule has 0 radical (unpaired) electrons. The van der Waals surface area contributed by atoms with Gasteiger partial charge in [0.15, 0.2) is 0 Å². The van der Waals surface area contributed by atoms with Crippen LogP contribution in [0.5, 0.6) is 5.75 Å². The Bertz CT molecular complexity index is 654. The number of benzene rings is 1. The third-order valence-electron chi connectivity index (χ3n) is 3.83. The predicted molar refractivity (Wildman–Crippen MR) is 94.6 cm³/mol. The molecule has 1 N–H and O–H groups in total. The molecule has 0 aliphatic carbocycles. The Morgan fingerprint density at radius 3 is 2.54 bits per heavy atom. The van der Waals surface area contributed by atoms with Crippen LogP contribution in [0.2, 0.25) is 0 Å². The van der Waals surface area contributed by atoms with E-state index in [0.717, 1.165) is 30.2 Å². The minimum Gasteiger partial charge on any atom is -0.496 e. The number of hydrogen-bond donors (Lipinski definition) is 1. The summed E-state index contributed by atoms with van der Waals surface area (Å²) in [5.41, 5.74) is 1.38. The molecule has 0 atom stereocenters. The summed E-state index contributed by atoms with van der Waals surface area (Å²) in [6.45, 7) is 6.34. The monoisotopic (exact) mass is 328 g/mol. The number of hydrogen-bond acceptors (Lipinski definition) is 5. The molecule has 0 unspecified atom stereocenters. The average Bonchev–Trinajstić information content (AvgIpc) is 2.63. The summed E-state index contributed by atoms with van der Waals surface area (Å²) in [6, 6.07) is 7.78. The molecule has 2 aromatic rings. The maximum atomic E-state index is 12.2. The minimum atomic E-state index is -0.219. The van der Waals surface area contributed by atoms with Crippen molar-refractivity contribution in [3.8, 4) is 5.75 Å². The van der Waals surface area contributed by atoms with Crippen LogP contribution in [-0.2, 0) is 6.42 Å². The van der Waals surface area contributed by atoms with Gasteiger partial charge in [0.25, 0.3) is 5.91 Å². The predicted octanol–water partition coefficient (Wildman–Crippen LogP) is 2.30. The fourth-order valence-corrected chi connectivity index (χ4v) is 2.46. The maximum absolute atomic E-state index is 12.2. The van der Waals surface area contributed by atoms with E-state index in [1.807, 2.05) is 24.3 Å². The normalized spacial score (nSPS) is 10.3. The molecule has 1 aromatic heterocycles. The second kappa shape index (κ2) is 8.86. The van der Waals surface area contributed by atoms with Crippen molar-refractivity contribution in [3.63, 3.8) is 0 Å². The fraction of sp³-hybridized carbons (Fsp3) is 0.389. The molecule has 6 heteroatoms. The summed E-state index contributed by atoms with van der Waals surface area (Å²) in [5, 5.41) is 2.86. The first kappa shape index (κ1) is 17.7. The highest BCUT2D eigenvalue weighted by molar-refractivity contribution is 5.92. The summed E-state index contributed by atoms with van der Waals surface area (Å²) in [6.07, 6.45) is 3.86.